The van der Waals surface area contributed by atoms with Gasteiger partial charge in [0.25, 0.3) is 0 Å². The summed E-state index contributed by atoms with van der Waals surface area (Å²) in [6.45, 7) is 2.65. The Bertz CT molecular complexity index is 1180. The molecule has 0 heterocycles. The minimum atomic E-state index is -5.10. The minimum Gasteiger partial charge on any atom is -0.493 e. The molecule has 0 bridgehead atoms. The van der Waals surface area contributed by atoms with E-state index in [1.165, 1.54) is 6.07 Å². The Hall–Kier alpha value is -2.91. The van der Waals surface area contributed by atoms with Crippen molar-refractivity contribution in [1.82, 2.24) is 0 Å². The molecule has 0 aromatic heterocycles. The van der Waals surface area contributed by atoms with Gasteiger partial charge in [0, 0.05) is 12.1 Å². The average Bonchev–Trinajstić information content (AvgIpc) is 2.93. The van der Waals surface area contributed by atoms with E-state index in [4.69, 9.17) is 9.47 Å². The summed E-state index contributed by atoms with van der Waals surface area (Å²) in [5.41, 5.74) is 0.732. The van der Waals surface area contributed by atoms with E-state index in [0.29, 0.717) is 43.2 Å². The van der Waals surface area contributed by atoms with E-state index in [1.807, 2.05) is 12.1 Å². The van der Waals surface area contributed by atoms with Crippen molar-refractivity contribution >= 4 is 0 Å². The lowest BCUT2D eigenvalue weighted by Gasteiger charge is -2.33. The zero-order chi connectivity index (χ0) is 30.3. The lowest BCUT2D eigenvalue weighted by atomic mass is 9.77. The van der Waals surface area contributed by atoms with Crippen LogP contribution in [0.3, 0.4) is 0 Å². The van der Waals surface area contributed by atoms with Crippen LogP contribution >= 0.6 is 0 Å². The maximum absolute atomic E-state index is 14.8. The van der Waals surface area contributed by atoms with Crippen molar-refractivity contribution in [3.8, 4) is 17.2 Å². The fourth-order valence-corrected chi connectivity index (χ4v) is 5.84. The topological polar surface area (TPSA) is 27.7 Å². The summed E-state index contributed by atoms with van der Waals surface area (Å²) in [5.74, 6) is -3.20. The van der Waals surface area contributed by atoms with Gasteiger partial charge < -0.3 is 14.2 Å². The normalized spacial score (nSPS) is 23.6. The van der Waals surface area contributed by atoms with Gasteiger partial charge in [-0.05, 0) is 99.3 Å². The van der Waals surface area contributed by atoms with Gasteiger partial charge in [-0.1, -0.05) is 31.6 Å². The lowest BCUT2D eigenvalue weighted by molar-refractivity contribution is -0.275. The molecule has 2 aromatic carbocycles. The molecule has 0 N–H and O–H groups in total. The van der Waals surface area contributed by atoms with Crippen LogP contribution in [0, 0.1) is 29.4 Å². The van der Waals surface area contributed by atoms with Crippen molar-refractivity contribution in [3.63, 3.8) is 0 Å². The predicted molar refractivity (Wildman–Crippen MR) is 145 cm³/mol. The molecule has 0 amide bonds. The van der Waals surface area contributed by atoms with Crippen LogP contribution in [0.15, 0.2) is 48.6 Å². The van der Waals surface area contributed by atoms with Gasteiger partial charge in [0.1, 0.15) is 17.3 Å². The number of benzene rings is 2. The molecule has 0 spiro atoms. The lowest BCUT2D eigenvalue weighted by Crippen LogP contribution is -2.37. The van der Waals surface area contributed by atoms with Crippen LogP contribution in [0.5, 0.6) is 17.2 Å². The molecule has 2 aliphatic carbocycles. The standard InChI is InChI=1S/C32H37F7O3/c1-2-3-18-40-25-14-16-27(28(33)19-25)23-10-6-21(7-11-23)4-5-22-8-12-24(13-9-22)31(35,36)41-26-15-17-30(29(34)20-26)42-32(37,38)39/h4-5,14-17,19-24H,2-3,6-13,18H2,1H3/b5-4+. The first-order chi connectivity index (χ1) is 19.9. The summed E-state index contributed by atoms with van der Waals surface area (Å²) in [6.07, 6.45) is 2.62. The number of allylic oxidation sites excluding steroid dienone is 2. The maximum Gasteiger partial charge on any atom is 0.573 e. The molecule has 4 rings (SSSR count). The predicted octanol–water partition coefficient (Wildman–Crippen LogP) is 10.4. The van der Waals surface area contributed by atoms with Crippen molar-refractivity contribution in [2.24, 2.45) is 17.8 Å². The highest BCUT2D eigenvalue weighted by atomic mass is 19.4. The summed E-state index contributed by atoms with van der Waals surface area (Å²) in [5, 5.41) is 0. The summed E-state index contributed by atoms with van der Waals surface area (Å²) >= 11 is 0. The van der Waals surface area contributed by atoms with Gasteiger partial charge in [-0.15, -0.1) is 13.2 Å². The van der Waals surface area contributed by atoms with Gasteiger partial charge in [-0.3, -0.25) is 0 Å². The van der Waals surface area contributed by atoms with Crippen LogP contribution in [-0.4, -0.2) is 19.1 Å². The van der Waals surface area contributed by atoms with E-state index in [-0.39, 0.29) is 30.5 Å². The van der Waals surface area contributed by atoms with E-state index < -0.39 is 35.7 Å². The highest BCUT2D eigenvalue weighted by Gasteiger charge is 2.44. The van der Waals surface area contributed by atoms with Gasteiger partial charge in [0.15, 0.2) is 11.6 Å². The maximum atomic E-state index is 14.8. The van der Waals surface area contributed by atoms with Gasteiger partial charge in [0.2, 0.25) is 0 Å². The van der Waals surface area contributed by atoms with E-state index in [0.717, 1.165) is 50.2 Å². The molecule has 2 fully saturated rings. The molecular weight excluding hydrogens is 565 g/mol. The molecule has 10 heteroatoms. The number of ether oxygens (including phenoxy) is 3. The first-order valence-electron chi connectivity index (χ1n) is 14.7. The monoisotopic (exact) mass is 602 g/mol. The highest BCUT2D eigenvalue weighted by molar-refractivity contribution is 5.34. The number of rotatable bonds is 11. The van der Waals surface area contributed by atoms with Crippen LogP contribution in [0.2, 0.25) is 0 Å². The number of halogens is 7. The zero-order valence-corrected chi connectivity index (χ0v) is 23.6. The molecule has 0 radical (unpaired) electrons. The van der Waals surface area contributed by atoms with Crippen molar-refractivity contribution in [2.75, 3.05) is 6.61 Å². The average molecular weight is 603 g/mol. The Morgan fingerprint density at radius 1 is 0.738 bits per heavy atom. The molecule has 2 aliphatic rings. The molecule has 0 atom stereocenters. The fraction of sp³-hybridized carbons (Fsp3) is 0.562. The van der Waals surface area contributed by atoms with Crippen LogP contribution in [0.25, 0.3) is 0 Å². The molecule has 0 unspecified atom stereocenters. The third-order valence-electron chi connectivity index (χ3n) is 8.24. The second-order valence-corrected chi connectivity index (χ2v) is 11.3. The highest BCUT2D eigenvalue weighted by Crippen LogP contribution is 2.42. The first kappa shape index (κ1) is 32.0. The number of unbranched alkanes of at least 4 members (excludes halogenated alkanes) is 1. The first-order valence-corrected chi connectivity index (χ1v) is 14.7. The Kier molecular flexibility index (Phi) is 10.7. The van der Waals surface area contributed by atoms with Gasteiger partial charge >= 0.3 is 12.5 Å². The van der Waals surface area contributed by atoms with Crippen molar-refractivity contribution in [2.45, 2.75) is 89.5 Å². The van der Waals surface area contributed by atoms with Crippen molar-refractivity contribution in [3.05, 3.63) is 65.7 Å². The largest absolute Gasteiger partial charge is 0.573 e. The minimum absolute atomic E-state index is 0.156. The van der Waals surface area contributed by atoms with Gasteiger partial charge in [0.05, 0.1) is 12.5 Å². The summed E-state index contributed by atoms with van der Waals surface area (Å²) in [4.78, 5) is 0. The van der Waals surface area contributed by atoms with Gasteiger partial charge in [-0.2, -0.15) is 8.78 Å². The molecule has 42 heavy (non-hydrogen) atoms. The molecule has 3 nitrogen and oxygen atoms in total. The van der Waals surface area contributed by atoms with E-state index in [1.54, 1.807) is 0 Å². The van der Waals surface area contributed by atoms with Crippen molar-refractivity contribution < 1.29 is 44.9 Å². The van der Waals surface area contributed by atoms with Crippen LogP contribution in [0.1, 0.15) is 82.6 Å². The number of hydrogen-bond donors (Lipinski definition) is 0. The zero-order valence-electron chi connectivity index (χ0n) is 23.6. The number of hydrogen-bond acceptors (Lipinski definition) is 3. The van der Waals surface area contributed by atoms with E-state index in [9.17, 15) is 30.7 Å². The van der Waals surface area contributed by atoms with Crippen molar-refractivity contribution in [1.29, 1.82) is 0 Å². The summed E-state index contributed by atoms with van der Waals surface area (Å²) in [7, 11) is 0. The summed E-state index contributed by atoms with van der Waals surface area (Å²) in [6, 6.07) is 7.05. The van der Waals surface area contributed by atoms with E-state index >= 15 is 0 Å². The van der Waals surface area contributed by atoms with Crippen LogP contribution < -0.4 is 14.2 Å². The number of alkyl halides is 5. The molecule has 2 saturated carbocycles. The Morgan fingerprint density at radius 3 is 1.90 bits per heavy atom. The molecule has 0 aliphatic heterocycles. The Labute approximate surface area is 242 Å². The van der Waals surface area contributed by atoms with Crippen LogP contribution in [-0.2, 0) is 0 Å². The quantitative estimate of drug-likeness (QED) is 0.146. The SMILES string of the molecule is CCCCOc1ccc(C2CCC(/C=C/C3CCC(C(F)(F)Oc4ccc(OC(F)(F)F)c(F)c4)CC3)CC2)c(F)c1. The molecular formula is C32H37F7O3. The second-order valence-electron chi connectivity index (χ2n) is 11.3. The fourth-order valence-electron chi connectivity index (χ4n) is 5.84. The molecule has 2 aromatic rings. The molecule has 0 saturated heterocycles. The van der Waals surface area contributed by atoms with Gasteiger partial charge in [-0.25, -0.2) is 8.78 Å². The molecule has 232 valence electrons. The third-order valence-corrected chi connectivity index (χ3v) is 8.24. The van der Waals surface area contributed by atoms with Crippen LogP contribution in [0.4, 0.5) is 30.7 Å². The smallest absolute Gasteiger partial charge is 0.493 e. The second kappa shape index (κ2) is 14.0. The summed E-state index contributed by atoms with van der Waals surface area (Å²) < 4.78 is 109. The van der Waals surface area contributed by atoms with E-state index in [2.05, 4.69) is 23.8 Å². The Morgan fingerprint density at radius 2 is 1.33 bits per heavy atom. The third kappa shape index (κ3) is 9.04. The Balaban J connectivity index is 1.21.